The second kappa shape index (κ2) is 6.30. The average Bonchev–Trinajstić information content (AvgIpc) is 3.41. The summed E-state index contributed by atoms with van der Waals surface area (Å²) in [5, 5.41) is 4.07. The molecule has 2 aromatic rings. The first kappa shape index (κ1) is 16.2. The standard InChI is InChI=1S/C19H23N5OS/c1-24(10-15-21-13-4-2-3-5-14(13)26-15)18-12-8-9-20-19(25)16(12)22-17(23-18)11-6-7-11/h11H,2-10H2,1H3,(H,20,25). The number of aromatic nitrogens is 3. The number of carbonyl (C=O) groups excluding carboxylic acids is 1. The molecule has 1 saturated carbocycles. The van der Waals surface area contributed by atoms with Gasteiger partial charge in [0.25, 0.3) is 5.91 Å². The van der Waals surface area contributed by atoms with Crippen LogP contribution in [-0.4, -0.2) is 34.5 Å². The molecule has 3 aliphatic rings. The van der Waals surface area contributed by atoms with Crippen molar-refractivity contribution in [1.82, 2.24) is 20.3 Å². The average molecular weight is 369 g/mol. The molecule has 6 nitrogen and oxygen atoms in total. The van der Waals surface area contributed by atoms with E-state index in [4.69, 9.17) is 9.97 Å². The number of nitrogens with one attached hydrogen (secondary N) is 1. The molecule has 1 aliphatic heterocycles. The molecule has 0 radical (unpaired) electrons. The zero-order valence-corrected chi connectivity index (χ0v) is 15.9. The highest BCUT2D eigenvalue weighted by molar-refractivity contribution is 7.11. The summed E-state index contributed by atoms with van der Waals surface area (Å²) in [7, 11) is 2.06. The summed E-state index contributed by atoms with van der Waals surface area (Å²) in [5.41, 5.74) is 2.86. The molecule has 0 unspecified atom stereocenters. The summed E-state index contributed by atoms with van der Waals surface area (Å²) in [6, 6.07) is 0. The van der Waals surface area contributed by atoms with Crippen molar-refractivity contribution in [2.45, 2.75) is 57.4 Å². The highest BCUT2D eigenvalue weighted by atomic mass is 32.1. The normalized spacial score (nSPS) is 18.9. The number of hydrogen-bond acceptors (Lipinski definition) is 6. The summed E-state index contributed by atoms with van der Waals surface area (Å²) in [6.07, 6.45) is 7.87. The van der Waals surface area contributed by atoms with Crippen LogP contribution >= 0.6 is 11.3 Å². The van der Waals surface area contributed by atoms with Gasteiger partial charge in [-0.3, -0.25) is 4.79 Å². The predicted octanol–water partition coefficient (Wildman–Crippen LogP) is 2.61. The first-order chi connectivity index (χ1) is 12.7. The van der Waals surface area contributed by atoms with Gasteiger partial charge in [0.05, 0.1) is 12.2 Å². The molecule has 0 atom stereocenters. The van der Waals surface area contributed by atoms with E-state index in [1.165, 1.54) is 29.8 Å². The van der Waals surface area contributed by atoms with Crippen molar-refractivity contribution in [3.05, 3.63) is 32.7 Å². The molecular formula is C19H23N5OS. The van der Waals surface area contributed by atoms with Crippen molar-refractivity contribution in [3.63, 3.8) is 0 Å². The van der Waals surface area contributed by atoms with Crippen LogP contribution in [0.4, 0.5) is 5.82 Å². The maximum absolute atomic E-state index is 12.3. The van der Waals surface area contributed by atoms with Gasteiger partial charge < -0.3 is 10.2 Å². The van der Waals surface area contributed by atoms with Gasteiger partial charge in [-0.15, -0.1) is 11.3 Å². The molecule has 26 heavy (non-hydrogen) atoms. The van der Waals surface area contributed by atoms with Crippen molar-refractivity contribution in [2.24, 2.45) is 0 Å². The Balaban J connectivity index is 1.48. The minimum atomic E-state index is -0.0603. The van der Waals surface area contributed by atoms with E-state index in [9.17, 15) is 4.79 Å². The predicted molar refractivity (Wildman–Crippen MR) is 101 cm³/mol. The molecule has 2 aromatic heterocycles. The molecule has 0 aromatic carbocycles. The molecule has 0 spiro atoms. The summed E-state index contributed by atoms with van der Waals surface area (Å²) in [5.74, 6) is 2.12. The molecule has 7 heteroatoms. The third-order valence-electron chi connectivity index (χ3n) is 5.44. The van der Waals surface area contributed by atoms with Crippen LogP contribution in [-0.2, 0) is 25.8 Å². The fourth-order valence-corrected chi connectivity index (χ4v) is 5.09. The van der Waals surface area contributed by atoms with Crippen LogP contribution in [0.2, 0.25) is 0 Å². The molecule has 1 fully saturated rings. The van der Waals surface area contributed by atoms with Crippen molar-refractivity contribution < 1.29 is 4.79 Å². The summed E-state index contributed by atoms with van der Waals surface area (Å²) in [4.78, 5) is 30.3. The number of carbonyl (C=O) groups is 1. The SMILES string of the molecule is CN(Cc1nc2c(s1)CCCC2)c1nc(C2CC2)nc2c1CCNC2=O. The van der Waals surface area contributed by atoms with Crippen molar-refractivity contribution in [1.29, 1.82) is 0 Å². The highest BCUT2D eigenvalue weighted by Gasteiger charge is 2.32. The van der Waals surface area contributed by atoms with E-state index in [2.05, 4.69) is 22.2 Å². The molecular weight excluding hydrogens is 346 g/mol. The van der Waals surface area contributed by atoms with Gasteiger partial charge in [-0.05, 0) is 44.9 Å². The Morgan fingerprint density at radius 2 is 2.00 bits per heavy atom. The highest BCUT2D eigenvalue weighted by Crippen LogP contribution is 2.40. The number of rotatable bonds is 4. The molecule has 5 rings (SSSR count). The van der Waals surface area contributed by atoms with Crippen LogP contribution in [0, 0.1) is 0 Å². The quantitative estimate of drug-likeness (QED) is 0.897. The minimum absolute atomic E-state index is 0.0603. The molecule has 2 aliphatic carbocycles. The van der Waals surface area contributed by atoms with Crippen LogP contribution in [0.15, 0.2) is 0 Å². The number of thiazole rings is 1. The van der Waals surface area contributed by atoms with Crippen molar-refractivity contribution in [2.75, 3.05) is 18.5 Å². The lowest BCUT2D eigenvalue weighted by Crippen LogP contribution is -2.35. The largest absolute Gasteiger partial charge is 0.353 e. The Kier molecular flexibility index (Phi) is 3.92. The van der Waals surface area contributed by atoms with Gasteiger partial charge in [-0.25, -0.2) is 15.0 Å². The number of anilines is 1. The van der Waals surface area contributed by atoms with Gasteiger partial charge in [0.1, 0.15) is 22.3 Å². The Morgan fingerprint density at radius 3 is 2.81 bits per heavy atom. The number of aryl methyl sites for hydroxylation is 2. The van der Waals surface area contributed by atoms with E-state index in [0.717, 1.165) is 54.4 Å². The fourth-order valence-electron chi connectivity index (χ4n) is 3.88. The molecule has 1 N–H and O–H groups in total. The maximum atomic E-state index is 12.3. The van der Waals surface area contributed by atoms with Gasteiger partial charge >= 0.3 is 0 Å². The molecule has 1 amide bonds. The molecule has 0 saturated heterocycles. The monoisotopic (exact) mass is 369 g/mol. The lowest BCUT2D eigenvalue weighted by molar-refractivity contribution is 0.0940. The molecule has 3 heterocycles. The number of fused-ring (bicyclic) bond motifs is 2. The first-order valence-corrected chi connectivity index (χ1v) is 10.4. The van der Waals surface area contributed by atoms with Gasteiger partial charge in [0.15, 0.2) is 0 Å². The number of amides is 1. The van der Waals surface area contributed by atoms with Crippen LogP contribution in [0.5, 0.6) is 0 Å². The number of hydrogen-bond donors (Lipinski definition) is 1. The van der Waals surface area contributed by atoms with E-state index in [0.29, 0.717) is 18.2 Å². The van der Waals surface area contributed by atoms with E-state index in [-0.39, 0.29) is 5.91 Å². The summed E-state index contributed by atoms with van der Waals surface area (Å²) >= 11 is 1.84. The Labute approximate surface area is 157 Å². The first-order valence-electron chi connectivity index (χ1n) is 9.56. The van der Waals surface area contributed by atoms with Crippen LogP contribution < -0.4 is 10.2 Å². The zero-order chi connectivity index (χ0) is 17.7. The Bertz CT molecular complexity index is 850. The Hall–Kier alpha value is -2.02. The van der Waals surface area contributed by atoms with Crippen LogP contribution in [0.3, 0.4) is 0 Å². The second-order valence-corrected chi connectivity index (χ2v) is 8.72. The summed E-state index contributed by atoms with van der Waals surface area (Å²) < 4.78 is 0. The number of nitrogens with zero attached hydrogens (tertiary/aromatic N) is 4. The maximum Gasteiger partial charge on any atom is 0.270 e. The van der Waals surface area contributed by atoms with Gasteiger partial charge in [0, 0.05) is 30.0 Å². The molecule has 0 bridgehead atoms. The van der Waals surface area contributed by atoms with Crippen LogP contribution in [0.25, 0.3) is 0 Å². The van der Waals surface area contributed by atoms with E-state index < -0.39 is 0 Å². The zero-order valence-electron chi connectivity index (χ0n) is 15.0. The van der Waals surface area contributed by atoms with E-state index in [1.807, 2.05) is 11.3 Å². The third-order valence-corrected chi connectivity index (χ3v) is 6.59. The smallest absolute Gasteiger partial charge is 0.270 e. The molecule has 136 valence electrons. The third kappa shape index (κ3) is 2.88. The van der Waals surface area contributed by atoms with Gasteiger partial charge in [-0.2, -0.15) is 0 Å². The topological polar surface area (TPSA) is 71.0 Å². The van der Waals surface area contributed by atoms with E-state index >= 15 is 0 Å². The van der Waals surface area contributed by atoms with Crippen molar-refractivity contribution >= 4 is 23.1 Å². The summed E-state index contributed by atoms with van der Waals surface area (Å²) in [6.45, 7) is 1.40. The van der Waals surface area contributed by atoms with E-state index in [1.54, 1.807) is 0 Å². The van der Waals surface area contributed by atoms with Gasteiger partial charge in [0.2, 0.25) is 0 Å². The van der Waals surface area contributed by atoms with Gasteiger partial charge in [-0.1, -0.05) is 0 Å². The minimum Gasteiger partial charge on any atom is -0.353 e. The lowest BCUT2D eigenvalue weighted by Gasteiger charge is -2.25. The second-order valence-electron chi connectivity index (χ2n) is 7.55. The van der Waals surface area contributed by atoms with Crippen molar-refractivity contribution in [3.8, 4) is 0 Å². The fraction of sp³-hybridized carbons (Fsp3) is 0.579. The van der Waals surface area contributed by atoms with Crippen LogP contribution in [0.1, 0.15) is 69.1 Å². The Morgan fingerprint density at radius 1 is 1.15 bits per heavy atom. The lowest BCUT2D eigenvalue weighted by atomic mass is 10.0.